The van der Waals surface area contributed by atoms with Gasteiger partial charge in [0.25, 0.3) is 0 Å². The minimum Gasteiger partial charge on any atom is -0.453 e. The summed E-state index contributed by atoms with van der Waals surface area (Å²) in [6.45, 7) is 0.966. The lowest BCUT2D eigenvalue weighted by molar-refractivity contribution is -0.126. The number of halogens is 1. The molecule has 4 aromatic rings. The van der Waals surface area contributed by atoms with Crippen LogP contribution in [0.2, 0.25) is 5.02 Å². The van der Waals surface area contributed by atoms with Crippen LogP contribution in [0.25, 0.3) is 22.9 Å². The maximum absolute atomic E-state index is 13.6. The summed E-state index contributed by atoms with van der Waals surface area (Å²) in [6, 6.07) is 14.0. The van der Waals surface area contributed by atoms with Crippen molar-refractivity contribution in [2.75, 3.05) is 31.0 Å². The van der Waals surface area contributed by atoms with Crippen molar-refractivity contribution >= 4 is 47.0 Å². The second kappa shape index (κ2) is 13.6. The van der Waals surface area contributed by atoms with E-state index in [1.807, 2.05) is 18.2 Å². The molecule has 0 spiro atoms. The van der Waals surface area contributed by atoms with Crippen LogP contribution in [0.5, 0.6) is 0 Å². The van der Waals surface area contributed by atoms with Gasteiger partial charge in [-0.25, -0.2) is 4.79 Å². The van der Waals surface area contributed by atoms with Gasteiger partial charge in [0.2, 0.25) is 11.8 Å². The van der Waals surface area contributed by atoms with E-state index < -0.39 is 17.7 Å². The highest BCUT2D eigenvalue weighted by molar-refractivity contribution is 6.30. The largest absolute Gasteiger partial charge is 0.453 e. The van der Waals surface area contributed by atoms with E-state index in [1.54, 1.807) is 42.6 Å². The molecule has 3 amide bonds. The molecule has 0 radical (unpaired) electrons. The molecule has 1 saturated carbocycles. The van der Waals surface area contributed by atoms with E-state index in [0.29, 0.717) is 53.7 Å². The molecule has 2 fully saturated rings. The number of methoxy groups -OCH3 is 1. The maximum atomic E-state index is 13.6. The van der Waals surface area contributed by atoms with Crippen LogP contribution in [0.15, 0.2) is 67.1 Å². The third-order valence-corrected chi connectivity index (χ3v) is 9.34. The fourth-order valence-electron chi connectivity index (χ4n) is 6.42. The number of hydrogen-bond acceptors (Lipinski definition) is 10. The molecule has 4 heterocycles. The molecule has 252 valence electrons. The maximum Gasteiger partial charge on any atom is 0.411 e. The normalized spacial score (nSPS) is 21.4. The smallest absolute Gasteiger partial charge is 0.411 e. The fraction of sp³-hybridized carbons (Fsp3) is 0.324. The Labute approximate surface area is 286 Å². The van der Waals surface area contributed by atoms with Gasteiger partial charge in [-0.2, -0.15) is 4.68 Å². The quantitative estimate of drug-likeness (QED) is 0.208. The number of carbonyl (C=O) groups is 3. The van der Waals surface area contributed by atoms with Crippen LogP contribution < -0.4 is 21.3 Å². The van der Waals surface area contributed by atoms with Crippen molar-refractivity contribution in [3.05, 3.63) is 83.4 Å². The third kappa shape index (κ3) is 6.96. The minimum absolute atomic E-state index is 0.0274. The summed E-state index contributed by atoms with van der Waals surface area (Å²) in [5.74, 6) is -0.296. The van der Waals surface area contributed by atoms with Crippen LogP contribution in [-0.4, -0.2) is 75.5 Å². The lowest BCUT2D eigenvalue weighted by Crippen LogP contribution is -2.53. The number of fused-ring (bicyclic) bond motifs is 6. The molecule has 2 aromatic heterocycles. The predicted octanol–water partition coefficient (Wildman–Crippen LogP) is 4.08. The number of benzene rings is 2. The predicted molar refractivity (Wildman–Crippen MR) is 181 cm³/mol. The number of tetrazole rings is 1. The number of ether oxygens (including phenoxy) is 2. The van der Waals surface area contributed by atoms with Gasteiger partial charge < -0.3 is 25.4 Å². The number of anilines is 2. The Kier molecular flexibility index (Phi) is 8.97. The van der Waals surface area contributed by atoms with Gasteiger partial charge in [0, 0.05) is 39.8 Å². The number of nitrogens with zero attached hydrogens (tertiary/aromatic N) is 5. The van der Waals surface area contributed by atoms with Crippen LogP contribution in [0.4, 0.5) is 16.2 Å². The number of nitrogens with one attached hydrogen (secondary N) is 4. The summed E-state index contributed by atoms with van der Waals surface area (Å²) < 4.78 is 11.6. The average molecular weight is 684 g/mol. The summed E-state index contributed by atoms with van der Waals surface area (Å²) >= 11 is 6.28. The molecule has 2 bridgehead atoms. The van der Waals surface area contributed by atoms with Gasteiger partial charge in [0.15, 0.2) is 0 Å². The van der Waals surface area contributed by atoms with E-state index in [4.69, 9.17) is 26.1 Å². The van der Waals surface area contributed by atoms with Crippen molar-refractivity contribution in [2.45, 2.75) is 43.3 Å². The van der Waals surface area contributed by atoms with Crippen LogP contribution in [-0.2, 0) is 24.6 Å². The Morgan fingerprint density at radius 3 is 2.78 bits per heavy atom. The van der Waals surface area contributed by atoms with E-state index in [0.717, 1.165) is 29.7 Å². The molecule has 1 unspecified atom stereocenters. The first-order chi connectivity index (χ1) is 23.8. The first kappa shape index (κ1) is 32.2. The summed E-state index contributed by atoms with van der Waals surface area (Å²) in [7, 11) is 1.30. The number of hydrogen-bond donors (Lipinski definition) is 4. The molecule has 3 aliphatic rings. The molecule has 2 aliphatic heterocycles. The second-order valence-electron chi connectivity index (χ2n) is 12.3. The Morgan fingerprint density at radius 2 is 2.00 bits per heavy atom. The van der Waals surface area contributed by atoms with E-state index in [1.165, 1.54) is 24.2 Å². The SMILES string of the molecule is COC(=O)Nc1ccc2c(c1)N[C@@H](C(=O)NC1COC1)CCC[C@@H]1CC1(NC(=O)/C=C/c1cc(Cl)ccc1-n1cnnn1)c1cc-2ccn1. The minimum atomic E-state index is -0.690. The van der Waals surface area contributed by atoms with E-state index in [9.17, 15) is 14.4 Å². The lowest BCUT2D eigenvalue weighted by atomic mass is 9.96. The summed E-state index contributed by atoms with van der Waals surface area (Å²) in [5.41, 5.74) is 4.20. The Balaban J connectivity index is 1.20. The third-order valence-electron chi connectivity index (χ3n) is 9.11. The number of pyridine rings is 1. The second-order valence-corrected chi connectivity index (χ2v) is 12.8. The van der Waals surface area contributed by atoms with Gasteiger partial charge in [0.1, 0.15) is 12.4 Å². The van der Waals surface area contributed by atoms with E-state index >= 15 is 0 Å². The standard InChI is InChI=1S/C34H34ClN9O5/c1-48-33(47)39-24-7-8-26-20-11-12-36-30(14-20)34(41-31(45)10-5-21-13-23(35)6-9-29(21)44-19-37-42-43-44)16-22(34)3-2-4-27(40-28(26)15-24)32(46)38-25-17-49-18-25/h5-15,19,22,25,27,40H,2-4,16-18H2,1H3,(H,38,46)(H,39,47)(H,41,45)/b10-5+/t22-,27-,34?/m1/s1. The summed E-state index contributed by atoms with van der Waals surface area (Å²) in [4.78, 5) is 43.8. The fourth-order valence-corrected chi connectivity index (χ4v) is 6.61. The molecular formula is C34H34ClN9O5. The molecule has 14 nitrogen and oxygen atoms in total. The van der Waals surface area contributed by atoms with Gasteiger partial charge >= 0.3 is 6.09 Å². The van der Waals surface area contributed by atoms with E-state index in [-0.39, 0.29) is 23.8 Å². The molecule has 4 N–H and O–H groups in total. The van der Waals surface area contributed by atoms with Crippen LogP contribution in [0.1, 0.15) is 36.9 Å². The van der Waals surface area contributed by atoms with Crippen molar-refractivity contribution in [3.8, 4) is 16.8 Å². The Morgan fingerprint density at radius 1 is 1.12 bits per heavy atom. The van der Waals surface area contributed by atoms with Crippen molar-refractivity contribution in [3.63, 3.8) is 0 Å². The van der Waals surface area contributed by atoms with Crippen molar-refractivity contribution in [1.29, 1.82) is 0 Å². The first-order valence-electron chi connectivity index (χ1n) is 15.9. The lowest BCUT2D eigenvalue weighted by Gasteiger charge is -2.30. The van der Waals surface area contributed by atoms with Gasteiger partial charge in [-0.05, 0) is 89.7 Å². The summed E-state index contributed by atoms with van der Waals surface area (Å²) in [6.07, 6.45) is 8.49. The van der Waals surface area contributed by atoms with Crippen molar-refractivity contribution in [1.82, 2.24) is 35.8 Å². The highest BCUT2D eigenvalue weighted by Gasteiger charge is 2.57. The first-order valence-corrected chi connectivity index (χ1v) is 16.3. The topological polar surface area (TPSA) is 174 Å². The number of amides is 3. The highest BCUT2D eigenvalue weighted by Crippen LogP contribution is 2.54. The van der Waals surface area contributed by atoms with Gasteiger partial charge in [0.05, 0.1) is 43.3 Å². The molecular weight excluding hydrogens is 650 g/mol. The van der Waals surface area contributed by atoms with Gasteiger partial charge in [-0.15, -0.1) is 5.10 Å². The molecule has 1 saturated heterocycles. The molecule has 7 rings (SSSR count). The van der Waals surface area contributed by atoms with Crippen LogP contribution in [0.3, 0.4) is 0 Å². The molecule has 1 aliphatic carbocycles. The molecule has 15 heteroatoms. The zero-order chi connectivity index (χ0) is 34.0. The zero-order valence-corrected chi connectivity index (χ0v) is 27.3. The number of carbonyl (C=O) groups excluding carboxylic acids is 3. The Bertz CT molecular complexity index is 1920. The highest BCUT2D eigenvalue weighted by atomic mass is 35.5. The van der Waals surface area contributed by atoms with Crippen LogP contribution in [0, 0.1) is 5.92 Å². The zero-order valence-electron chi connectivity index (χ0n) is 26.6. The van der Waals surface area contributed by atoms with E-state index in [2.05, 4.69) is 36.8 Å². The monoisotopic (exact) mass is 683 g/mol. The molecule has 3 atom stereocenters. The molecule has 2 aromatic carbocycles. The van der Waals surface area contributed by atoms with Gasteiger partial charge in [-0.3, -0.25) is 19.9 Å². The number of aromatic nitrogens is 5. The number of rotatable bonds is 7. The average Bonchev–Trinajstić information content (AvgIpc) is 3.48. The van der Waals surface area contributed by atoms with Crippen molar-refractivity contribution < 1.29 is 23.9 Å². The summed E-state index contributed by atoms with van der Waals surface area (Å²) in [5, 5.41) is 24.4. The van der Waals surface area contributed by atoms with Crippen LogP contribution >= 0.6 is 11.6 Å². The van der Waals surface area contributed by atoms with Gasteiger partial charge in [-0.1, -0.05) is 24.1 Å². The van der Waals surface area contributed by atoms with Crippen molar-refractivity contribution in [2.24, 2.45) is 5.92 Å². The molecule has 49 heavy (non-hydrogen) atoms. The Hall–Kier alpha value is -5.34.